The van der Waals surface area contributed by atoms with Gasteiger partial charge in [0.1, 0.15) is 17.5 Å². The first kappa shape index (κ1) is 19.0. The average Bonchev–Trinajstić information content (AvgIpc) is 3.37. The quantitative estimate of drug-likeness (QED) is 0.591. The predicted octanol–water partition coefficient (Wildman–Crippen LogP) is 3.11. The maximum atomic E-state index is 13.5. The molecule has 5 rings (SSSR count). The first-order valence-corrected chi connectivity index (χ1v) is 9.88. The third-order valence-corrected chi connectivity index (χ3v) is 5.12. The van der Waals surface area contributed by atoms with Crippen LogP contribution in [0.25, 0.3) is 11.7 Å². The lowest BCUT2D eigenvalue weighted by atomic mass is 10.1. The SMILES string of the molecule is C=C1NC(=O)C/C1=C\c1cnn2c(NC3CC3)cc(NC(=O)c3cccc(F)c3)nc12. The first-order chi connectivity index (χ1) is 15.0. The fourth-order valence-electron chi connectivity index (χ4n) is 3.40. The second-order valence-electron chi connectivity index (χ2n) is 7.62. The molecule has 1 aliphatic carbocycles. The normalized spacial score (nSPS) is 17.3. The lowest BCUT2D eigenvalue weighted by molar-refractivity contribution is -0.118. The standard InChI is InChI=1S/C22H19FN6O2/c1-12-14(9-20(30)25-12)7-15-11-24-29-19(26-17-5-6-17)10-18(27-21(15)29)28-22(31)13-3-2-4-16(23)8-13/h2-4,7-8,10-11,17,26H,1,5-6,9H2,(H,25,30)(H,27,28,31)/b14-7+. The van der Waals surface area contributed by atoms with Crippen LogP contribution < -0.4 is 16.0 Å². The molecule has 9 heteroatoms. The van der Waals surface area contributed by atoms with E-state index in [-0.39, 0.29) is 17.9 Å². The van der Waals surface area contributed by atoms with Crippen LogP contribution in [0.15, 0.2) is 54.4 Å². The van der Waals surface area contributed by atoms with Crippen LogP contribution in [0.4, 0.5) is 16.0 Å². The molecule has 8 nitrogen and oxygen atoms in total. The number of rotatable bonds is 5. The number of amides is 2. The summed E-state index contributed by atoms with van der Waals surface area (Å²) in [7, 11) is 0. The topological polar surface area (TPSA) is 100 Å². The Bertz CT molecular complexity index is 1270. The van der Waals surface area contributed by atoms with E-state index < -0.39 is 11.7 Å². The minimum absolute atomic E-state index is 0.111. The van der Waals surface area contributed by atoms with Crippen molar-refractivity contribution in [2.75, 3.05) is 10.6 Å². The molecule has 1 saturated carbocycles. The molecule has 31 heavy (non-hydrogen) atoms. The highest BCUT2D eigenvalue weighted by Gasteiger charge is 2.24. The van der Waals surface area contributed by atoms with Crippen molar-refractivity contribution in [3.8, 4) is 0 Å². The summed E-state index contributed by atoms with van der Waals surface area (Å²) in [4.78, 5) is 28.8. The van der Waals surface area contributed by atoms with E-state index in [4.69, 9.17) is 0 Å². The number of nitrogens with zero attached hydrogens (tertiary/aromatic N) is 3. The molecule has 3 aromatic rings. The van der Waals surface area contributed by atoms with Crippen LogP contribution in [0.3, 0.4) is 0 Å². The van der Waals surface area contributed by atoms with Gasteiger partial charge in [-0.3, -0.25) is 9.59 Å². The minimum Gasteiger partial charge on any atom is -0.367 e. The maximum Gasteiger partial charge on any atom is 0.256 e. The van der Waals surface area contributed by atoms with Crippen molar-refractivity contribution >= 4 is 35.2 Å². The summed E-state index contributed by atoms with van der Waals surface area (Å²) in [6, 6.07) is 7.51. The Hall–Kier alpha value is -4.01. The van der Waals surface area contributed by atoms with Gasteiger partial charge >= 0.3 is 0 Å². The number of allylic oxidation sites excluding steroid dienone is 1. The summed E-state index contributed by atoms with van der Waals surface area (Å²) in [5.74, 6) is -0.0700. The van der Waals surface area contributed by atoms with E-state index in [9.17, 15) is 14.0 Å². The van der Waals surface area contributed by atoms with Crippen molar-refractivity contribution in [3.63, 3.8) is 0 Å². The molecular formula is C22H19FN6O2. The van der Waals surface area contributed by atoms with Crippen molar-refractivity contribution in [3.05, 3.63) is 71.3 Å². The van der Waals surface area contributed by atoms with E-state index in [1.165, 1.54) is 24.3 Å². The molecular weight excluding hydrogens is 399 g/mol. The highest BCUT2D eigenvalue weighted by molar-refractivity contribution is 6.04. The van der Waals surface area contributed by atoms with Gasteiger partial charge in [0.15, 0.2) is 5.65 Å². The Labute approximate surface area is 176 Å². The monoisotopic (exact) mass is 418 g/mol. The Morgan fingerprint density at radius 3 is 2.87 bits per heavy atom. The van der Waals surface area contributed by atoms with Gasteiger partial charge < -0.3 is 16.0 Å². The summed E-state index contributed by atoms with van der Waals surface area (Å²) >= 11 is 0. The summed E-state index contributed by atoms with van der Waals surface area (Å²) in [6.07, 6.45) is 5.82. The highest BCUT2D eigenvalue weighted by Crippen LogP contribution is 2.28. The van der Waals surface area contributed by atoms with Crippen LogP contribution in [0.2, 0.25) is 0 Å². The number of halogens is 1. The van der Waals surface area contributed by atoms with Crippen molar-refractivity contribution < 1.29 is 14.0 Å². The number of carbonyl (C=O) groups excluding carboxylic acids is 2. The highest BCUT2D eigenvalue weighted by atomic mass is 19.1. The van der Waals surface area contributed by atoms with Gasteiger partial charge in [0.2, 0.25) is 5.91 Å². The van der Waals surface area contributed by atoms with Crippen LogP contribution in [-0.2, 0) is 4.79 Å². The van der Waals surface area contributed by atoms with E-state index in [0.29, 0.717) is 34.6 Å². The number of aromatic nitrogens is 3. The van der Waals surface area contributed by atoms with Crippen molar-refractivity contribution in [2.24, 2.45) is 0 Å². The Kier molecular flexibility index (Phi) is 4.50. The van der Waals surface area contributed by atoms with Gasteiger partial charge in [-0.05, 0) is 42.7 Å². The van der Waals surface area contributed by atoms with Gasteiger partial charge in [-0.2, -0.15) is 9.61 Å². The van der Waals surface area contributed by atoms with Crippen molar-refractivity contribution in [1.82, 2.24) is 19.9 Å². The first-order valence-electron chi connectivity index (χ1n) is 9.88. The van der Waals surface area contributed by atoms with Gasteiger partial charge in [-0.25, -0.2) is 9.37 Å². The Morgan fingerprint density at radius 2 is 2.16 bits per heavy atom. The molecule has 2 amide bonds. The Morgan fingerprint density at radius 1 is 1.32 bits per heavy atom. The molecule has 0 atom stereocenters. The van der Waals surface area contributed by atoms with Gasteiger partial charge in [0, 0.05) is 28.9 Å². The van der Waals surface area contributed by atoms with E-state index in [1.807, 2.05) is 6.08 Å². The van der Waals surface area contributed by atoms with E-state index >= 15 is 0 Å². The number of benzene rings is 1. The molecule has 1 saturated heterocycles. The third kappa shape index (κ3) is 3.89. The zero-order valence-corrected chi connectivity index (χ0v) is 16.5. The summed E-state index contributed by atoms with van der Waals surface area (Å²) in [5.41, 5.74) is 2.71. The number of fused-ring (bicyclic) bond motifs is 1. The molecule has 156 valence electrons. The second kappa shape index (κ2) is 7.35. The lowest BCUT2D eigenvalue weighted by Gasteiger charge is -2.11. The molecule has 1 aromatic carbocycles. The van der Waals surface area contributed by atoms with Crippen LogP contribution in [0, 0.1) is 5.82 Å². The van der Waals surface area contributed by atoms with Crippen LogP contribution in [-0.4, -0.2) is 32.5 Å². The largest absolute Gasteiger partial charge is 0.367 e. The molecule has 3 heterocycles. The summed E-state index contributed by atoms with van der Waals surface area (Å²) in [6.45, 7) is 3.86. The molecule has 2 aromatic heterocycles. The molecule has 0 radical (unpaired) electrons. The van der Waals surface area contributed by atoms with Crippen molar-refractivity contribution in [2.45, 2.75) is 25.3 Å². The molecule has 0 unspecified atom stereocenters. The fraction of sp³-hybridized carbons (Fsp3) is 0.182. The Balaban J connectivity index is 1.53. The molecule has 1 aliphatic heterocycles. The van der Waals surface area contributed by atoms with Crippen molar-refractivity contribution in [1.29, 1.82) is 0 Å². The van der Waals surface area contributed by atoms with Gasteiger partial charge in [-0.15, -0.1) is 0 Å². The van der Waals surface area contributed by atoms with E-state index in [1.54, 1.807) is 16.8 Å². The van der Waals surface area contributed by atoms with Gasteiger partial charge in [0.25, 0.3) is 5.91 Å². The van der Waals surface area contributed by atoms with Gasteiger partial charge in [0.05, 0.1) is 12.6 Å². The number of carbonyl (C=O) groups is 2. The molecule has 2 fully saturated rings. The van der Waals surface area contributed by atoms with Crippen LogP contribution in [0.1, 0.15) is 35.2 Å². The van der Waals surface area contributed by atoms with Gasteiger partial charge in [-0.1, -0.05) is 12.6 Å². The minimum atomic E-state index is -0.489. The number of hydrogen-bond donors (Lipinski definition) is 3. The van der Waals surface area contributed by atoms with E-state index in [2.05, 4.69) is 32.6 Å². The average molecular weight is 418 g/mol. The third-order valence-electron chi connectivity index (χ3n) is 5.12. The fourth-order valence-corrected chi connectivity index (χ4v) is 3.40. The summed E-state index contributed by atoms with van der Waals surface area (Å²) in [5, 5.41) is 13.2. The molecule has 2 aliphatic rings. The van der Waals surface area contributed by atoms with E-state index in [0.717, 1.165) is 18.4 Å². The zero-order valence-electron chi connectivity index (χ0n) is 16.5. The summed E-state index contributed by atoms with van der Waals surface area (Å²) < 4.78 is 15.2. The second-order valence-corrected chi connectivity index (χ2v) is 7.62. The molecule has 0 spiro atoms. The molecule has 0 bridgehead atoms. The smallest absolute Gasteiger partial charge is 0.256 e. The lowest BCUT2D eigenvalue weighted by Crippen LogP contribution is -2.15. The van der Waals surface area contributed by atoms with Crippen LogP contribution in [0.5, 0.6) is 0 Å². The maximum absolute atomic E-state index is 13.5. The predicted molar refractivity (Wildman–Crippen MR) is 114 cm³/mol. The number of anilines is 2. The molecule has 3 N–H and O–H groups in total. The number of nitrogens with one attached hydrogen (secondary N) is 3. The zero-order chi connectivity index (χ0) is 21.5. The number of hydrogen-bond acceptors (Lipinski definition) is 5. The van der Waals surface area contributed by atoms with Crippen LogP contribution >= 0.6 is 0 Å².